The Labute approximate surface area is 118 Å². The lowest BCUT2D eigenvalue weighted by Crippen LogP contribution is -2.39. The third-order valence-electron chi connectivity index (χ3n) is 2.80. The SMILES string of the molecule is CCN(CC(=O)NC)C(=O)c1ccc(F)c(C(F)(F)F)c1. The minimum absolute atomic E-state index is 0.130. The van der Waals surface area contributed by atoms with Gasteiger partial charge in [0.2, 0.25) is 5.91 Å². The topological polar surface area (TPSA) is 49.4 Å². The summed E-state index contributed by atoms with van der Waals surface area (Å²) in [4.78, 5) is 24.4. The van der Waals surface area contributed by atoms with Gasteiger partial charge in [-0.05, 0) is 25.1 Å². The Hall–Kier alpha value is -2.12. The summed E-state index contributed by atoms with van der Waals surface area (Å²) in [5, 5.41) is 2.31. The lowest BCUT2D eigenvalue weighted by Gasteiger charge is -2.20. The molecule has 0 heterocycles. The second kappa shape index (κ2) is 6.55. The molecule has 0 saturated carbocycles. The number of carbonyl (C=O) groups excluding carboxylic acids is 2. The molecule has 116 valence electrons. The monoisotopic (exact) mass is 306 g/mol. The van der Waals surface area contributed by atoms with E-state index in [-0.39, 0.29) is 18.7 Å². The van der Waals surface area contributed by atoms with Crippen LogP contribution in [0.15, 0.2) is 18.2 Å². The molecule has 0 radical (unpaired) electrons. The van der Waals surface area contributed by atoms with E-state index in [2.05, 4.69) is 5.32 Å². The van der Waals surface area contributed by atoms with Crippen LogP contribution in [-0.4, -0.2) is 36.9 Å². The van der Waals surface area contributed by atoms with Gasteiger partial charge < -0.3 is 10.2 Å². The number of benzene rings is 1. The summed E-state index contributed by atoms with van der Waals surface area (Å²) in [6, 6.07) is 1.99. The van der Waals surface area contributed by atoms with Crippen LogP contribution in [0.5, 0.6) is 0 Å². The molecule has 0 aliphatic carbocycles. The predicted molar refractivity (Wildman–Crippen MR) is 67.0 cm³/mol. The van der Waals surface area contributed by atoms with Crippen molar-refractivity contribution in [3.63, 3.8) is 0 Å². The number of halogens is 4. The van der Waals surface area contributed by atoms with Crippen LogP contribution < -0.4 is 5.32 Å². The average molecular weight is 306 g/mol. The molecule has 1 aromatic rings. The van der Waals surface area contributed by atoms with Crippen LogP contribution in [0.25, 0.3) is 0 Å². The van der Waals surface area contributed by atoms with Gasteiger partial charge in [0.1, 0.15) is 5.82 Å². The maximum absolute atomic E-state index is 13.2. The molecule has 0 aliphatic rings. The van der Waals surface area contributed by atoms with Crippen LogP contribution in [0.3, 0.4) is 0 Å². The van der Waals surface area contributed by atoms with Crippen molar-refractivity contribution in [3.8, 4) is 0 Å². The van der Waals surface area contributed by atoms with Gasteiger partial charge in [-0.3, -0.25) is 9.59 Å². The van der Waals surface area contributed by atoms with E-state index in [0.717, 1.165) is 11.0 Å². The summed E-state index contributed by atoms with van der Waals surface area (Å²) in [6.07, 6.45) is -4.89. The Morgan fingerprint density at radius 1 is 1.29 bits per heavy atom. The van der Waals surface area contributed by atoms with Crippen molar-refractivity contribution in [1.82, 2.24) is 10.2 Å². The molecule has 21 heavy (non-hydrogen) atoms. The number of hydrogen-bond acceptors (Lipinski definition) is 2. The van der Waals surface area contributed by atoms with Gasteiger partial charge in [0.15, 0.2) is 0 Å². The van der Waals surface area contributed by atoms with Crippen molar-refractivity contribution in [1.29, 1.82) is 0 Å². The van der Waals surface area contributed by atoms with Gasteiger partial charge in [-0.1, -0.05) is 0 Å². The van der Waals surface area contributed by atoms with Crippen molar-refractivity contribution in [2.24, 2.45) is 0 Å². The zero-order valence-electron chi connectivity index (χ0n) is 11.4. The number of amides is 2. The summed E-state index contributed by atoms with van der Waals surface area (Å²) in [6.45, 7) is 1.42. The molecule has 4 nitrogen and oxygen atoms in total. The third-order valence-corrected chi connectivity index (χ3v) is 2.80. The van der Waals surface area contributed by atoms with Crippen LogP contribution in [-0.2, 0) is 11.0 Å². The lowest BCUT2D eigenvalue weighted by molar-refractivity contribution is -0.140. The lowest BCUT2D eigenvalue weighted by atomic mass is 10.1. The van der Waals surface area contributed by atoms with Gasteiger partial charge in [0, 0.05) is 19.2 Å². The van der Waals surface area contributed by atoms with Crippen LogP contribution in [0.4, 0.5) is 17.6 Å². The number of carbonyl (C=O) groups is 2. The highest BCUT2D eigenvalue weighted by Crippen LogP contribution is 2.32. The Kier molecular flexibility index (Phi) is 5.28. The van der Waals surface area contributed by atoms with E-state index in [9.17, 15) is 27.2 Å². The molecule has 0 fully saturated rings. The van der Waals surface area contributed by atoms with Crippen molar-refractivity contribution < 1.29 is 27.2 Å². The molecule has 1 rings (SSSR count). The molecule has 1 aromatic carbocycles. The standard InChI is InChI=1S/C13H14F4N2O2/c1-3-19(7-11(20)18-2)12(21)8-4-5-10(14)9(6-8)13(15,16)17/h4-6H,3,7H2,1-2H3,(H,18,20). The second-order valence-corrected chi connectivity index (χ2v) is 4.18. The van der Waals surface area contributed by atoms with Crippen LogP contribution in [0.2, 0.25) is 0 Å². The number of likely N-dealkylation sites (N-methyl/N-ethyl adjacent to an activating group) is 2. The minimum atomic E-state index is -4.89. The Morgan fingerprint density at radius 2 is 1.90 bits per heavy atom. The first-order valence-corrected chi connectivity index (χ1v) is 6.07. The molecule has 0 aromatic heterocycles. The van der Waals surface area contributed by atoms with E-state index in [4.69, 9.17) is 0 Å². The Balaban J connectivity index is 3.09. The molecular formula is C13H14F4N2O2. The zero-order valence-corrected chi connectivity index (χ0v) is 11.4. The maximum Gasteiger partial charge on any atom is 0.419 e. The van der Waals surface area contributed by atoms with Crippen molar-refractivity contribution in [3.05, 3.63) is 35.1 Å². The highest BCUT2D eigenvalue weighted by atomic mass is 19.4. The van der Waals surface area contributed by atoms with E-state index in [1.807, 2.05) is 0 Å². The van der Waals surface area contributed by atoms with Gasteiger partial charge in [-0.2, -0.15) is 13.2 Å². The quantitative estimate of drug-likeness (QED) is 0.866. The van der Waals surface area contributed by atoms with E-state index in [1.54, 1.807) is 6.92 Å². The van der Waals surface area contributed by atoms with Crippen molar-refractivity contribution in [2.75, 3.05) is 20.1 Å². The van der Waals surface area contributed by atoms with Gasteiger partial charge in [-0.25, -0.2) is 4.39 Å². The van der Waals surface area contributed by atoms with Gasteiger partial charge in [-0.15, -0.1) is 0 Å². The fourth-order valence-electron chi connectivity index (χ4n) is 1.64. The summed E-state index contributed by atoms with van der Waals surface area (Å²) in [5.74, 6) is -2.68. The van der Waals surface area contributed by atoms with E-state index in [0.29, 0.717) is 12.1 Å². The number of nitrogens with one attached hydrogen (secondary N) is 1. The summed E-state index contributed by atoms with van der Waals surface area (Å²) >= 11 is 0. The van der Waals surface area contributed by atoms with Gasteiger partial charge in [0.05, 0.1) is 12.1 Å². The number of nitrogens with zero attached hydrogens (tertiary/aromatic N) is 1. The molecule has 0 spiro atoms. The van der Waals surface area contributed by atoms with Crippen molar-refractivity contribution in [2.45, 2.75) is 13.1 Å². The number of rotatable bonds is 4. The van der Waals surface area contributed by atoms with Crippen molar-refractivity contribution >= 4 is 11.8 Å². The molecule has 2 amide bonds. The third kappa shape index (κ3) is 4.17. The maximum atomic E-state index is 13.2. The van der Waals surface area contributed by atoms with Gasteiger partial charge >= 0.3 is 6.18 Å². The molecule has 0 bridgehead atoms. The summed E-state index contributed by atoms with van der Waals surface area (Å²) in [5.41, 5.74) is -1.83. The number of alkyl halides is 3. The highest BCUT2D eigenvalue weighted by Gasteiger charge is 2.35. The first-order valence-electron chi connectivity index (χ1n) is 6.07. The normalized spacial score (nSPS) is 11.1. The number of hydrogen-bond donors (Lipinski definition) is 1. The molecular weight excluding hydrogens is 292 g/mol. The molecule has 0 unspecified atom stereocenters. The fraction of sp³-hybridized carbons (Fsp3) is 0.385. The van der Waals surface area contributed by atoms with Crippen LogP contribution >= 0.6 is 0 Å². The van der Waals surface area contributed by atoms with E-state index in [1.165, 1.54) is 7.05 Å². The molecule has 1 N–H and O–H groups in total. The summed E-state index contributed by atoms with van der Waals surface area (Å²) < 4.78 is 51.0. The predicted octanol–water partition coefficient (Wildman–Crippen LogP) is 2.05. The first kappa shape index (κ1) is 16.9. The highest BCUT2D eigenvalue weighted by molar-refractivity contribution is 5.96. The largest absolute Gasteiger partial charge is 0.419 e. The molecule has 0 atom stereocenters. The van der Waals surface area contributed by atoms with Crippen LogP contribution in [0.1, 0.15) is 22.8 Å². The van der Waals surface area contributed by atoms with E-state index < -0.39 is 29.4 Å². The van der Waals surface area contributed by atoms with E-state index >= 15 is 0 Å². The Bertz CT molecular complexity index is 543. The molecule has 8 heteroatoms. The Morgan fingerprint density at radius 3 is 2.38 bits per heavy atom. The fourth-order valence-corrected chi connectivity index (χ4v) is 1.64. The van der Waals surface area contributed by atoms with Gasteiger partial charge in [0.25, 0.3) is 5.91 Å². The second-order valence-electron chi connectivity index (χ2n) is 4.18. The average Bonchev–Trinajstić information content (AvgIpc) is 2.42. The zero-order chi connectivity index (χ0) is 16.2. The minimum Gasteiger partial charge on any atom is -0.358 e. The summed E-state index contributed by atoms with van der Waals surface area (Å²) in [7, 11) is 1.38. The molecule has 0 aliphatic heterocycles. The molecule has 0 saturated heterocycles. The first-order chi connectivity index (χ1) is 9.70. The smallest absolute Gasteiger partial charge is 0.358 e. The van der Waals surface area contributed by atoms with Crippen LogP contribution in [0, 0.1) is 5.82 Å².